The van der Waals surface area contributed by atoms with Gasteiger partial charge in [-0.25, -0.2) is 4.98 Å². The van der Waals surface area contributed by atoms with E-state index in [-0.39, 0.29) is 19.1 Å². The molecule has 0 bridgehead atoms. The number of hydrogen-bond donors (Lipinski definition) is 2. The molecule has 0 fully saturated rings. The molecule has 0 aliphatic heterocycles. The van der Waals surface area contributed by atoms with Crippen LogP contribution in [0.3, 0.4) is 0 Å². The molecule has 3 aromatic rings. The topological polar surface area (TPSA) is 71.5 Å². The summed E-state index contributed by atoms with van der Waals surface area (Å²) in [7, 11) is 1.52. The summed E-state index contributed by atoms with van der Waals surface area (Å²) >= 11 is 1.41. The molecule has 6 heteroatoms. The van der Waals surface area contributed by atoms with E-state index >= 15 is 0 Å². The maximum atomic E-state index is 12.5. The molecule has 1 heterocycles. The molecule has 1 unspecified atom stereocenters. The van der Waals surface area contributed by atoms with Crippen molar-refractivity contribution in [3.63, 3.8) is 0 Å². The van der Waals surface area contributed by atoms with E-state index in [1.165, 1.54) is 18.4 Å². The molecule has 1 amide bonds. The monoisotopic (exact) mass is 368 g/mol. The number of benzene rings is 2. The Morgan fingerprint density at radius 3 is 2.46 bits per heavy atom. The smallest absolute Gasteiger partial charge is 0.270 e. The molecule has 1 atom stereocenters. The average molecular weight is 368 g/mol. The number of carbonyl (C=O) groups excluding carboxylic acids is 1. The number of hydrogen-bond acceptors (Lipinski definition) is 5. The Labute approximate surface area is 156 Å². The third kappa shape index (κ3) is 4.16. The van der Waals surface area contributed by atoms with Crippen LogP contribution in [0, 0.1) is 0 Å². The fourth-order valence-corrected chi connectivity index (χ4v) is 3.44. The molecular formula is C20H20N2O3S. The first-order valence-corrected chi connectivity index (χ1v) is 9.06. The molecule has 5 nitrogen and oxygen atoms in total. The van der Waals surface area contributed by atoms with E-state index < -0.39 is 5.60 Å². The summed E-state index contributed by atoms with van der Waals surface area (Å²) in [5.74, 6) is -0.325. The summed E-state index contributed by atoms with van der Waals surface area (Å²) < 4.78 is 5.15. The second-order valence-electron chi connectivity index (χ2n) is 5.92. The second-order valence-corrected chi connectivity index (χ2v) is 6.78. The van der Waals surface area contributed by atoms with Gasteiger partial charge in [-0.05, 0) is 5.56 Å². The lowest BCUT2D eigenvalue weighted by atomic mass is 9.94. The maximum Gasteiger partial charge on any atom is 0.270 e. The van der Waals surface area contributed by atoms with Crippen molar-refractivity contribution in [1.29, 1.82) is 0 Å². The highest BCUT2D eigenvalue weighted by Crippen LogP contribution is 2.24. The van der Waals surface area contributed by atoms with Crippen molar-refractivity contribution in [1.82, 2.24) is 10.3 Å². The largest absolute Gasteiger partial charge is 0.381 e. The normalized spacial score (nSPS) is 13.2. The highest BCUT2D eigenvalue weighted by molar-refractivity contribution is 7.13. The van der Waals surface area contributed by atoms with Crippen LogP contribution >= 0.6 is 11.3 Å². The Kier molecular flexibility index (Phi) is 5.78. The Morgan fingerprint density at radius 1 is 1.15 bits per heavy atom. The number of nitrogens with one attached hydrogen (secondary N) is 1. The average Bonchev–Trinajstić information content (AvgIpc) is 3.18. The van der Waals surface area contributed by atoms with Gasteiger partial charge in [-0.2, -0.15) is 0 Å². The number of carbonyl (C=O) groups is 1. The lowest BCUT2D eigenvalue weighted by Gasteiger charge is -2.28. The van der Waals surface area contributed by atoms with Crippen molar-refractivity contribution >= 4 is 17.2 Å². The number of methoxy groups -OCH3 is 1. The van der Waals surface area contributed by atoms with Gasteiger partial charge in [0.2, 0.25) is 0 Å². The van der Waals surface area contributed by atoms with Gasteiger partial charge in [-0.15, -0.1) is 11.3 Å². The van der Waals surface area contributed by atoms with E-state index in [9.17, 15) is 9.90 Å². The molecule has 1 aromatic heterocycles. The third-order valence-electron chi connectivity index (χ3n) is 3.99. The number of aromatic nitrogens is 1. The lowest BCUT2D eigenvalue weighted by Crippen LogP contribution is -2.44. The molecule has 0 aliphatic carbocycles. The van der Waals surface area contributed by atoms with Gasteiger partial charge in [0.1, 0.15) is 16.3 Å². The molecule has 0 aliphatic rings. The molecule has 2 N–H and O–H groups in total. The number of thiazole rings is 1. The van der Waals surface area contributed by atoms with Crippen LogP contribution in [0.25, 0.3) is 10.6 Å². The van der Waals surface area contributed by atoms with E-state index in [0.717, 1.165) is 10.6 Å². The van der Waals surface area contributed by atoms with Crippen molar-refractivity contribution in [3.8, 4) is 10.6 Å². The molecule has 134 valence electrons. The molecule has 2 aromatic carbocycles. The summed E-state index contributed by atoms with van der Waals surface area (Å²) in [4.78, 5) is 16.8. The van der Waals surface area contributed by atoms with Gasteiger partial charge in [0.15, 0.2) is 0 Å². The molecular weight excluding hydrogens is 348 g/mol. The van der Waals surface area contributed by atoms with Crippen LogP contribution < -0.4 is 5.32 Å². The summed E-state index contributed by atoms with van der Waals surface area (Å²) in [5, 5.41) is 16.2. The van der Waals surface area contributed by atoms with Crippen molar-refractivity contribution in [2.24, 2.45) is 0 Å². The molecule has 0 saturated carbocycles. The van der Waals surface area contributed by atoms with Crippen LogP contribution in [-0.2, 0) is 10.3 Å². The van der Waals surface area contributed by atoms with Gasteiger partial charge < -0.3 is 15.2 Å². The zero-order valence-corrected chi connectivity index (χ0v) is 15.2. The van der Waals surface area contributed by atoms with Crippen molar-refractivity contribution in [2.75, 3.05) is 20.3 Å². The van der Waals surface area contributed by atoms with Gasteiger partial charge in [0.25, 0.3) is 5.91 Å². The van der Waals surface area contributed by atoms with E-state index in [2.05, 4.69) is 10.3 Å². The number of ether oxygens (including phenoxy) is 1. The van der Waals surface area contributed by atoms with Crippen LogP contribution in [0.5, 0.6) is 0 Å². The first kappa shape index (κ1) is 18.3. The third-order valence-corrected chi connectivity index (χ3v) is 4.88. The molecule has 26 heavy (non-hydrogen) atoms. The quantitative estimate of drug-likeness (QED) is 0.672. The zero-order valence-electron chi connectivity index (χ0n) is 14.4. The number of rotatable bonds is 7. The first-order valence-electron chi connectivity index (χ1n) is 8.18. The highest BCUT2D eigenvalue weighted by Gasteiger charge is 2.30. The van der Waals surface area contributed by atoms with Crippen LogP contribution in [0.15, 0.2) is 66.0 Å². The lowest BCUT2D eigenvalue weighted by molar-refractivity contribution is -0.0335. The van der Waals surface area contributed by atoms with Crippen LogP contribution in [0.2, 0.25) is 0 Å². The summed E-state index contributed by atoms with van der Waals surface area (Å²) in [5.41, 5.74) is 0.688. The predicted octanol–water partition coefficient (Wildman–Crippen LogP) is 3.07. The second kappa shape index (κ2) is 8.23. The predicted molar refractivity (Wildman–Crippen MR) is 102 cm³/mol. The summed E-state index contributed by atoms with van der Waals surface area (Å²) in [6.45, 7) is 0.103. The van der Waals surface area contributed by atoms with Gasteiger partial charge in [-0.1, -0.05) is 60.7 Å². The van der Waals surface area contributed by atoms with E-state index in [1.807, 2.05) is 60.7 Å². The molecule has 0 saturated heterocycles. The van der Waals surface area contributed by atoms with Crippen molar-refractivity contribution in [2.45, 2.75) is 5.60 Å². The van der Waals surface area contributed by atoms with Crippen LogP contribution in [-0.4, -0.2) is 36.3 Å². The first-order chi connectivity index (χ1) is 12.6. The molecule has 3 rings (SSSR count). The minimum absolute atomic E-state index is 0.0296. The summed E-state index contributed by atoms with van der Waals surface area (Å²) in [6, 6.07) is 18.9. The fraction of sp³-hybridized carbons (Fsp3) is 0.200. The Hall–Kier alpha value is -2.54. The minimum Gasteiger partial charge on any atom is -0.381 e. The van der Waals surface area contributed by atoms with Crippen LogP contribution in [0.4, 0.5) is 0 Å². The Bertz CT molecular complexity index is 852. The van der Waals surface area contributed by atoms with Crippen LogP contribution in [0.1, 0.15) is 16.1 Å². The Balaban J connectivity index is 1.70. The van der Waals surface area contributed by atoms with E-state index in [1.54, 1.807) is 5.38 Å². The van der Waals surface area contributed by atoms with Crippen molar-refractivity contribution in [3.05, 3.63) is 77.3 Å². The number of nitrogens with zero attached hydrogens (tertiary/aromatic N) is 1. The van der Waals surface area contributed by atoms with Gasteiger partial charge in [-0.3, -0.25) is 4.79 Å². The van der Waals surface area contributed by atoms with Gasteiger partial charge in [0.05, 0.1) is 13.2 Å². The minimum atomic E-state index is -1.30. The fourth-order valence-electron chi connectivity index (χ4n) is 2.63. The Morgan fingerprint density at radius 2 is 1.81 bits per heavy atom. The van der Waals surface area contributed by atoms with Gasteiger partial charge in [0, 0.05) is 18.1 Å². The standard InChI is InChI=1S/C20H20N2O3S/c1-25-14-20(24,16-10-6-3-7-11-16)13-21-18(23)17-12-26-19(22-17)15-8-4-2-5-9-15/h2-12,24H,13-14H2,1H3,(H,21,23). The molecule has 0 radical (unpaired) electrons. The van der Waals surface area contributed by atoms with Crippen molar-refractivity contribution < 1.29 is 14.6 Å². The summed E-state index contributed by atoms with van der Waals surface area (Å²) in [6.07, 6.45) is 0. The maximum absolute atomic E-state index is 12.5. The highest BCUT2D eigenvalue weighted by atomic mass is 32.1. The number of aliphatic hydroxyl groups is 1. The van der Waals surface area contributed by atoms with Gasteiger partial charge >= 0.3 is 0 Å². The molecule has 0 spiro atoms. The number of amides is 1. The van der Waals surface area contributed by atoms with E-state index in [4.69, 9.17) is 4.74 Å². The SMILES string of the molecule is COCC(O)(CNC(=O)c1csc(-c2ccccc2)n1)c1ccccc1. The zero-order chi connectivity index (χ0) is 18.4. The van der Waals surface area contributed by atoms with E-state index in [0.29, 0.717) is 11.3 Å².